The van der Waals surface area contributed by atoms with E-state index < -0.39 is 18.1 Å². The molecule has 1 aliphatic heterocycles. The number of benzene rings is 2. The number of amides is 1. The van der Waals surface area contributed by atoms with Gasteiger partial charge in [-0.2, -0.15) is 13.2 Å². The number of phenols is 1. The normalized spacial score (nSPS) is 16.2. The smallest absolute Gasteiger partial charge is 0.491 e. The Kier molecular flexibility index (Phi) is 6.76. The molecule has 1 atom stereocenters. The molecule has 0 saturated heterocycles. The molecule has 2 aromatic carbocycles. The second-order valence-corrected chi connectivity index (χ2v) is 7.35. The second-order valence-electron chi connectivity index (χ2n) is 6.97. The maximum Gasteiger partial charge on any atom is 0.491 e. The van der Waals surface area contributed by atoms with Gasteiger partial charge in [-0.3, -0.25) is 4.79 Å². The van der Waals surface area contributed by atoms with Crippen molar-refractivity contribution in [3.8, 4) is 11.5 Å². The third-order valence-corrected chi connectivity index (χ3v) is 5.36. The fraction of sp³-hybridized carbons (Fsp3) is 0.333. The van der Waals surface area contributed by atoms with Crippen molar-refractivity contribution >= 4 is 23.5 Å². The van der Waals surface area contributed by atoms with Crippen LogP contribution in [0.1, 0.15) is 39.9 Å². The van der Waals surface area contributed by atoms with Gasteiger partial charge in [0.05, 0.1) is 10.6 Å². The molecule has 6 nitrogen and oxygen atoms in total. The van der Waals surface area contributed by atoms with E-state index in [1.54, 1.807) is 19.1 Å². The van der Waals surface area contributed by atoms with Crippen LogP contribution in [0.2, 0.25) is 5.02 Å². The summed E-state index contributed by atoms with van der Waals surface area (Å²) in [5.41, 5.74) is 2.14. The van der Waals surface area contributed by atoms with Gasteiger partial charge in [-0.1, -0.05) is 23.7 Å². The molecule has 0 radical (unpaired) electrons. The number of rotatable bonds is 4. The van der Waals surface area contributed by atoms with E-state index in [9.17, 15) is 27.9 Å². The lowest BCUT2D eigenvalue weighted by molar-refractivity contribution is -0.189. The fourth-order valence-corrected chi connectivity index (χ4v) is 3.91. The number of alkyl halides is 3. The number of ether oxygens (including phenoxy) is 1. The molecule has 166 valence electrons. The maximum absolute atomic E-state index is 12.4. The van der Waals surface area contributed by atoms with Crippen molar-refractivity contribution in [2.75, 3.05) is 19.6 Å². The quantitative estimate of drug-likeness (QED) is 0.484. The van der Waals surface area contributed by atoms with E-state index >= 15 is 0 Å². The van der Waals surface area contributed by atoms with Crippen LogP contribution < -0.4 is 15.4 Å². The predicted molar refractivity (Wildman–Crippen MR) is 108 cm³/mol. The Bertz CT molecular complexity index is 994. The molecule has 31 heavy (non-hydrogen) atoms. The third kappa shape index (κ3) is 4.94. The van der Waals surface area contributed by atoms with Crippen LogP contribution >= 0.6 is 11.6 Å². The zero-order valence-corrected chi connectivity index (χ0v) is 17.2. The molecule has 10 heteroatoms. The summed E-state index contributed by atoms with van der Waals surface area (Å²) in [7, 11) is 0. The number of carbonyl (C=O) groups excluding carboxylic acids is 2. The molecule has 1 heterocycles. The van der Waals surface area contributed by atoms with Crippen LogP contribution in [0.15, 0.2) is 30.3 Å². The number of aromatic hydroxyl groups is 1. The van der Waals surface area contributed by atoms with E-state index in [4.69, 9.17) is 11.6 Å². The number of carbonyl (C=O) groups is 2. The highest BCUT2D eigenvalue weighted by Crippen LogP contribution is 2.39. The van der Waals surface area contributed by atoms with Crippen molar-refractivity contribution in [2.24, 2.45) is 0 Å². The van der Waals surface area contributed by atoms with Gasteiger partial charge in [0.15, 0.2) is 0 Å². The number of halogens is 4. The Balaban J connectivity index is 1.96. The number of esters is 1. The van der Waals surface area contributed by atoms with Crippen LogP contribution in [0.25, 0.3) is 0 Å². The zero-order valence-electron chi connectivity index (χ0n) is 16.5. The topological polar surface area (TPSA) is 87.7 Å². The summed E-state index contributed by atoms with van der Waals surface area (Å²) in [6.07, 6.45) is -4.56. The molecule has 0 unspecified atom stereocenters. The summed E-state index contributed by atoms with van der Waals surface area (Å²) in [6.45, 7) is 3.19. The number of hydrogen-bond acceptors (Lipinski definition) is 5. The summed E-state index contributed by atoms with van der Waals surface area (Å²) in [5.74, 6) is -3.55. The first kappa shape index (κ1) is 22.9. The first-order valence-corrected chi connectivity index (χ1v) is 9.93. The minimum atomic E-state index is -5.08. The van der Waals surface area contributed by atoms with Gasteiger partial charge in [-0.15, -0.1) is 0 Å². The van der Waals surface area contributed by atoms with E-state index in [2.05, 4.69) is 15.4 Å². The first-order valence-electron chi connectivity index (χ1n) is 9.55. The van der Waals surface area contributed by atoms with Gasteiger partial charge < -0.3 is 20.5 Å². The van der Waals surface area contributed by atoms with Crippen molar-refractivity contribution in [3.63, 3.8) is 0 Å². The van der Waals surface area contributed by atoms with Gasteiger partial charge in [-0.25, -0.2) is 4.79 Å². The monoisotopic (exact) mass is 456 g/mol. The first-order chi connectivity index (χ1) is 14.6. The molecular weight excluding hydrogens is 437 g/mol. The molecule has 3 N–H and O–H groups in total. The predicted octanol–water partition coefficient (Wildman–Crippen LogP) is 3.54. The van der Waals surface area contributed by atoms with Crippen molar-refractivity contribution in [1.29, 1.82) is 0 Å². The minimum Gasteiger partial charge on any atom is -0.507 e. The van der Waals surface area contributed by atoms with E-state index in [1.165, 1.54) is 18.2 Å². The van der Waals surface area contributed by atoms with E-state index in [0.717, 1.165) is 0 Å². The second kappa shape index (κ2) is 9.15. The van der Waals surface area contributed by atoms with Crippen LogP contribution in [-0.2, 0) is 11.2 Å². The lowest BCUT2D eigenvalue weighted by Crippen LogP contribution is -2.28. The SMILES string of the molecule is CCNC(=O)c1c(O)cc2c(c1Cl)CCNC[C@@H]2c1ccc(OC(=O)C(F)(F)F)cc1. The largest absolute Gasteiger partial charge is 0.507 e. The van der Waals surface area contributed by atoms with Gasteiger partial charge in [0.25, 0.3) is 5.91 Å². The molecule has 1 aliphatic rings. The Morgan fingerprint density at radius 1 is 1.29 bits per heavy atom. The van der Waals surface area contributed by atoms with Crippen molar-refractivity contribution in [2.45, 2.75) is 25.4 Å². The number of hydrogen-bond donors (Lipinski definition) is 3. The van der Waals surface area contributed by atoms with Gasteiger partial charge in [0, 0.05) is 19.0 Å². The van der Waals surface area contributed by atoms with Gasteiger partial charge >= 0.3 is 12.1 Å². The van der Waals surface area contributed by atoms with Crippen molar-refractivity contribution in [3.05, 3.63) is 57.6 Å². The molecule has 1 amide bonds. The fourth-order valence-electron chi connectivity index (χ4n) is 3.53. The van der Waals surface area contributed by atoms with Gasteiger partial charge in [0.1, 0.15) is 11.5 Å². The average Bonchev–Trinajstić information content (AvgIpc) is 2.91. The van der Waals surface area contributed by atoms with E-state index in [1.807, 2.05) is 0 Å². The summed E-state index contributed by atoms with van der Waals surface area (Å²) < 4.78 is 41.5. The van der Waals surface area contributed by atoms with E-state index in [-0.39, 0.29) is 28.0 Å². The lowest BCUT2D eigenvalue weighted by atomic mass is 9.86. The molecule has 2 aromatic rings. The van der Waals surface area contributed by atoms with Crippen molar-refractivity contribution < 1.29 is 32.6 Å². The van der Waals surface area contributed by atoms with Crippen LogP contribution in [0, 0.1) is 0 Å². The standard InChI is InChI=1S/C21H20ClF3N2O4/c1-2-27-19(29)17-16(28)9-14-13(18(17)22)7-8-26-10-15(14)11-3-5-12(6-4-11)31-20(30)21(23,24)25/h3-6,9,15,26,28H,2,7-8,10H2,1H3,(H,27,29)/t15-/m1/s1. The number of nitrogens with one attached hydrogen (secondary N) is 2. The highest BCUT2D eigenvalue weighted by molar-refractivity contribution is 6.35. The highest BCUT2D eigenvalue weighted by Gasteiger charge is 2.41. The number of fused-ring (bicyclic) bond motifs is 1. The summed E-state index contributed by atoms with van der Waals surface area (Å²) in [4.78, 5) is 23.3. The molecule has 0 bridgehead atoms. The molecule has 0 saturated carbocycles. The lowest BCUT2D eigenvalue weighted by Gasteiger charge is -2.21. The summed E-state index contributed by atoms with van der Waals surface area (Å²) >= 11 is 6.50. The Labute approximate surface area is 181 Å². The van der Waals surface area contributed by atoms with Crippen LogP contribution in [-0.4, -0.2) is 42.8 Å². The average molecular weight is 457 g/mol. The molecule has 0 fully saturated rings. The Hall–Kier alpha value is -2.78. The molecular formula is C21H20ClF3N2O4. The Morgan fingerprint density at radius 3 is 2.58 bits per heavy atom. The van der Waals surface area contributed by atoms with Gasteiger partial charge in [-0.05, 0) is 54.8 Å². The van der Waals surface area contributed by atoms with E-state index in [0.29, 0.717) is 42.7 Å². The molecule has 3 rings (SSSR count). The highest BCUT2D eigenvalue weighted by atomic mass is 35.5. The third-order valence-electron chi connectivity index (χ3n) is 4.95. The van der Waals surface area contributed by atoms with Crippen LogP contribution in [0.4, 0.5) is 13.2 Å². The molecule has 0 aromatic heterocycles. The van der Waals surface area contributed by atoms with Crippen LogP contribution in [0.5, 0.6) is 11.5 Å². The minimum absolute atomic E-state index is 0.0114. The summed E-state index contributed by atoms with van der Waals surface area (Å²) in [5, 5.41) is 16.5. The zero-order chi connectivity index (χ0) is 22.8. The van der Waals surface area contributed by atoms with Crippen LogP contribution in [0.3, 0.4) is 0 Å². The molecule has 0 aliphatic carbocycles. The Morgan fingerprint density at radius 2 is 1.97 bits per heavy atom. The van der Waals surface area contributed by atoms with Crippen molar-refractivity contribution in [1.82, 2.24) is 10.6 Å². The summed E-state index contributed by atoms with van der Waals surface area (Å²) in [6, 6.07) is 7.13. The number of phenolic OH excluding ortho intramolecular Hbond substituents is 1. The molecule has 0 spiro atoms. The maximum atomic E-state index is 12.4. The van der Waals surface area contributed by atoms with Gasteiger partial charge in [0.2, 0.25) is 0 Å².